The summed E-state index contributed by atoms with van der Waals surface area (Å²) in [5, 5.41) is 2.92. The molecule has 0 aliphatic rings. The quantitative estimate of drug-likeness (QED) is 0.848. The fourth-order valence-electron chi connectivity index (χ4n) is 1.75. The third kappa shape index (κ3) is 3.89. The van der Waals surface area contributed by atoms with Crippen molar-refractivity contribution in [2.75, 3.05) is 5.75 Å². The topological polar surface area (TPSA) is 42.2 Å². The van der Waals surface area contributed by atoms with E-state index in [4.69, 9.17) is 4.42 Å². The lowest BCUT2D eigenvalue weighted by atomic mass is 10.2. The van der Waals surface area contributed by atoms with Crippen molar-refractivity contribution in [2.24, 2.45) is 0 Å². The van der Waals surface area contributed by atoms with Crippen molar-refractivity contribution >= 4 is 17.7 Å². The van der Waals surface area contributed by atoms with Crippen LogP contribution in [0.2, 0.25) is 0 Å². The van der Waals surface area contributed by atoms with Gasteiger partial charge in [0.2, 0.25) is 5.91 Å². The van der Waals surface area contributed by atoms with Crippen LogP contribution in [0.15, 0.2) is 52.0 Å². The van der Waals surface area contributed by atoms with Gasteiger partial charge in [-0.1, -0.05) is 18.2 Å². The minimum atomic E-state index is -0.0972. The summed E-state index contributed by atoms with van der Waals surface area (Å²) in [6.45, 7) is 3.96. The highest BCUT2D eigenvalue weighted by atomic mass is 32.2. The van der Waals surface area contributed by atoms with Gasteiger partial charge in [0.05, 0.1) is 18.1 Å². The van der Waals surface area contributed by atoms with E-state index in [0.717, 1.165) is 10.7 Å². The van der Waals surface area contributed by atoms with Crippen molar-refractivity contribution in [1.29, 1.82) is 0 Å². The lowest BCUT2D eigenvalue weighted by Gasteiger charge is -2.11. The maximum absolute atomic E-state index is 11.9. The Morgan fingerprint density at radius 1 is 1.32 bits per heavy atom. The minimum Gasteiger partial charge on any atom is -0.467 e. The molecule has 1 amide bonds. The Morgan fingerprint density at radius 2 is 2.11 bits per heavy atom. The first-order valence-corrected chi connectivity index (χ1v) is 7.16. The molecule has 2 aromatic rings. The Labute approximate surface area is 117 Å². The number of carbonyl (C=O) groups excluding carboxylic acids is 1. The highest BCUT2D eigenvalue weighted by Gasteiger charge is 2.12. The molecule has 0 bridgehead atoms. The number of hydrogen-bond donors (Lipinski definition) is 1. The number of nitrogens with one attached hydrogen (secondary N) is 1. The van der Waals surface area contributed by atoms with Crippen LogP contribution in [0.1, 0.15) is 24.3 Å². The fourth-order valence-corrected chi connectivity index (χ4v) is 2.59. The number of rotatable bonds is 5. The molecule has 1 aromatic heterocycles. The molecule has 0 saturated heterocycles. The summed E-state index contributed by atoms with van der Waals surface area (Å²) in [5.74, 6) is 1.20. The van der Waals surface area contributed by atoms with Gasteiger partial charge in [0.15, 0.2) is 0 Å². The standard InChI is InChI=1S/C15H17NO2S/c1-11-6-3-4-8-14(11)19-10-15(17)16-12(2)13-7-5-9-18-13/h3-9,12H,10H2,1-2H3,(H,16,17)/t12-/m1/s1. The van der Waals surface area contributed by atoms with Crippen molar-refractivity contribution in [1.82, 2.24) is 5.32 Å². The van der Waals surface area contributed by atoms with Crippen LogP contribution in [0.25, 0.3) is 0 Å². The van der Waals surface area contributed by atoms with Gasteiger partial charge >= 0.3 is 0 Å². The third-order valence-electron chi connectivity index (χ3n) is 2.80. The summed E-state index contributed by atoms with van der Waals surface area (Å²) in [6, 6.07) is 11.6. The van der Waals surface area contributed by atoms with Gasteiger partial charge in [-0.2, -0.15) is 0 Å². The molecule has 1 heterocycles. The molecule has 0 saturated carbocycles. The van der Waals surface area contributed by atoms with Gasteiger partial charge in [0, 0.05) is 4.90 Å². The second-order valence-electron chi connectivity index (χ2n) is 4.36. The van der Waals surface area contributed by atoms with E-state index in [-0.39, 0.29) is 11.9 Å². The summed E-state index contributed by atoms with van der Waals surface area (Å²) in [5.41, 5.74) is 1.19. The molecule has 0 radical (unpaired) electrons. The van der Waals surface area contributed by atoms with Crippen LogP contribution in [0.4, 0.5) is 0 Å². The number of hydrogen-bond acceptors (Lipinski definition) is 3. The Balaban J connectivity index is 1.84. The van der Waals surface area contributed by atoms with E-state index in [1.54, 1.807) is 18.0 Å². The van der Waals surface area contributed by atoms with Gasteiger partial charge in [0.25, 0.3) is 0 Å². The summed E-state index contributed by atoms with van der Waals surface area (Å²) >= 11 is 1.55. The molecular formula is C15H17NO2S. The van der Waals surface area contributed by atoms with Crippen molar-refractivity contribution in [3.63, 3.8) is 0 Å². The molecule has 0 spiro atoms. The highest BCUT2D eigenvalue weighted by Crippen LogP contribution is 2.21. The predicted octanol–water partition coefficient (Wildman–Crippen LogP) is 3.56. The van der Waals surface area contributed by atoms with Crippen molar-refractivity contribution < 1.29 is 9.21 Å². The second kappa shape index (κ2) is 6.48. The minimum absolute atomic E-state index is 0.0113. The van der Waals surface area contributed by atoms with E-state index >= 15 is 0 Å². The number of carbonyl (C=O) groups is 1. The van der Waals surface area contributed by atoms with E-state index in [1.165, 1.54) is 5.56 Å². The molecular weight excluding hydrogens is 258 g/mol. The van der Waals surface area contributed by atoms with Gasteiger partial charge in [-0.3, -0.25) is 4.79 Å². The molecule has 3 nitrogen and oxygen atoms in total. The van der Waals surface area contributed by atoms with E-state index < -0.39 is 0 Å². The lowest BCUT2D eigenvalue weighted by molar-refractivity contribution is -0.119. The SMILES string of the molecule is Cc1ccccc1SCC(=O)N[C@H](C)c1ccco1. The summed E-state index contributed by atoms with van der Waals surface area (Å²) in [4.78, 5) is 13.0. The zero-order chi connectivity index (χ0) is 13.7. The van der Waals surface area contributed by atoms with Crippen LogP contribution in [0.5, 0.6) is 0 Å². The van der Waals surface area contributed by atoms with E-state index in [1.807, 2.05) is 50.2 Å². The van der Waals surface area contributed by atoms with Crippen LogP contribution in [-0.4, -0.2) is 11.7 Å². The Kier molecular flexibility index (Phi) is 4.68. The number of benzene rings is 1. The largest absolute Gasteiger partial charge is 0.467 e. The number of amides is 1. The molecule has 1 aromatic carbocycles. The number of furan rings is 1. The van der Waals surface area contributed by atoms with Gasteiger partial charge in [-0.15, -0.1) is 11.8 Å². The molecule has 1 atom stereocenters. The first-order valence-electron chi connectivity index (χ1n) is 6.18. The molecule has 0 aliphatic carbocycles. The summed E-state index contributed by atoms with van der Waals surface area (Å²) < 4.78 is 5.26. The molecule has 1 N–H and O–H groups in total. The van der Waals surface area contributed by atoms with Gasteiger partial charge in [-0.25, -0.2) is 0 Å². The number of thioether (sulfide) groups is 1. The Hall–Kier alpha value is -1.68. The van der Waals surface area contributed by atoms with Crippen LogP contribution in [0.3, 0.4) is 0 Å². The van der Waals surface area contributed by atoms with Crippen LogP contribution >= 0.6 is 11.8 Å². The highest BCUT2D eigenvalue weighted by molar-refractivity contribution is 8.00. The second-order valence-corrected chi connectivity index (χ2v) is 5.38. The monoisotopic (exact) mass is 275 g/mol. The normalized spacial score (nSPS) is 12.1. The smallest absolute Gasteiger partial charge is 0.230 e. The average Bonchev–Trinajstić information content (AvgIpc) is 2.91. The maximum atomic E-state index is 11.9. The van der Waals surface area contributed by atoms with Crippen LogP contribution < -0.4 is 5.32 Å². The molecule has 0 unspecified atom stereocenters. The average molecular weight is 275 g/mol. The van der Waals surface area contributed by atoms with E-state index in [0.29, 0.717) is 5.75 Å². The number of aryl methyl sites for hydroxylation is 1. The van der Waals surface area contributed by atoms with E-state index in [9.17, 15) is 4.79 Å². The van der Waals surface area contributed by atoms with Gasteiger partial charge in [0.1, 0.15) is 5.76 Å². The van der Waals surface area contributed by atoms with Crippen molar-refractivity contribution in [2.45, 2.75) is 24.8 Å². The van der Waals surface area contributed by atoms with Gasteiger partial charge < -0.3 is 9.73 Å². The lowest BCUT2D eigenvalue weighted by Crippen LogP contribution is -2.27. The fraction of sp³-hybridized carbons (Fsp3) is 0.267. The maximum Gasteiger partial charge on any atom is 0.230 e. The van der Waals surface area contributed by atoms with E-state index in [2.05, 4.69) is 5.32 Å². The van der Waals surface area contributed by atoms with Crippen molar-refractivity contribution in [3.8, 4) is 0 Å². The zero-order valence-electron chi connectivity index (χ0n) is 11.1. The Morgan fingerprint density at radius 3 is 2.79 bits per heavy atom. The summed E-state index contributed by atoms with van der Waals surface area (Å²) in [7, 11) is 0. The first kappa shape index (κ1) is 13.7. The van der Waals surface area contributed by atoms with Crippen molar-refractivity contribution in [3.05, 3.63) is 54.0 Å². The molecule has 0 aliphatic heterocycles. The Bertz CT molecular complexity index is 537. The third-order valence-corrected chi connectivity index (χ3v) is 3.98. The molecule has 2 rings (SSSR count). The molecule has 19 heavy (non-hydrogen) atoms. The van der Waals surface area contributed by atoms with Gasteiger partial charge in [-0.05, 0) is 37.6 Å². The molecule has 4 heteroatoms. The van der Waals surface area contributed by atoms with Crippen LogP contribution in [0, 0.1) is 6.92 Å². The molecule has 100 valence electrons. The zero-order valence-corrected chi connectivity index (χ0v) is 11.9. The summed E-state index contributed by atoms with van der Waals surface area (Å²) in [6.07, 6.45) is 1.61. The van der Waals surface area contributed by atoms with Crippen LogP contribution in [-0.2, 0) is 4.79 Å². The molecule has 0 fully saturated rings. The first-order chi connectivity index (χ1) is 9.16. The predicted molar refractivity (Wildman–Crippen MR) is 77.2 cm³/mol.